The molecule has 2 saturated carbocycles. The minimum absolute atomic E-state index is 0.199. The zero-order valence-corrected chi connectivity index (χ0v) is 27.3. The van der Waals surface area contributed by atoms with Crippen molar-refractivity contribution in [2.75, 3.05) is 10.8 Å². The summed E-state index contributed by atoms with van der Waals surface area (Å²) in [5.41, 5.74) is 0.485. The molecule has 1 aromatic rings. The third kappa shape index (κ3) is 7.01. The van der Waals surface area contributed by atoms with Crippen LogP contribution in [0.2, 0.25) is 18.1 Å². The second-order valence-corrected chi connectivity index (χ2v) is 24.3. The van der Waals surface area contributed by atoms with Crippen LogP contribution in [0.4, 0.5) is 0 Å². The molecule has 0 aliphatic heterocycles. The van der Waals surface area contributed by atoms with E-state index in [1.54, 1.807) is 12.1 Å². The molecule has 2 aliphatic rings. The van der Waals surface area contributed by atoms with Gasteiger partial charge in [-0.25, -0.2) is 19.3 Å². The summed E-state index contributed by atoms with van der Waals surface area (Å²) in [5, 5.41) is 1.07. The Morgan fingerprint density at radius 1 is 1.03 bits per heavy atom. The smallest absolute Gasteiger partial charge is 0.192 e. The first kappa shape index (κ1) is 30.2. The summed E-state index contributed by atoms with van der Waals surface area (Å²) < 4.78 is 34.2. The standard InChI is InChI=1S/C30H54O3S2Si/c1-28(2,3)20-14-22-34(23-35(31,32)24-15-11-10-12-16-24)27-19-18-25-26(17-13-21-30(25,27)7)33-36(8,9)29(4,5)6/h10-12,15-16,25-27,34H,13-14,17-23H2,1-9H3/t25?,26-,27?,30-/m0/s1. The quantitative estimate of drug-likeness (QED) is 0.245. The molecule has 0 amide bonds. The van der Waals surface area contributed by atoms with E-state index in [9.17, 15) is 8.42 Å². The van der Waals surface area contributed by atoms with Gasteiger partial charge in [0.25, 0.3) is 0 Å². The molecule has 0 aromatic heterocycles. The summed E-state index contributed by atoms with van der Waals surface area (Å²) >= 11 is 0. The number of rotatable bonds is 9. The summed E-state index contributed by atoms with van der Waals surface area (Å²) in [6.45, 7) is 21.2. The number of hydrogen-bond acceptors (Lipinski definition) is 3. The summed E-state index contributed by atoms with van der Waals surface area (Å²) in [6, 6.07) is 9.16. The fraction of sp³-hybridized carbons (Fsp3) is 0.800. The second-order valence-electron chi connectivity index (χ2n) is 14.5. The van der Waals surface area contributed by atoms with E-state index in [1.807, 2.05) is 18.2 Å². The largest absolute Gasteiger partial charge is 0.414 e. The predicted molar refractivity (Wildman–Crippen MR) is 162 cm³/mol. The molecule has 5 atom stereocenters. The molecule has 2 fully saturated rings. The highest BCUT2D eigenvalue weighted by Gasteiger charge is 2.55. The first-order chi connectivity index (χ1) is 16.5. The van der Waals surface area contributed by atoms with Gasteiger partial charge in [0.2, 0.25) is 0 Å². The van der Waals surface area contributed by atoms with E-state index in [4.69, 9.17) is 4.43 Å². The zero-order valence-electron chi connectivity index (χ0n) is 24.6. The Kier molecular flexibility index (Phi) is 9.29. The molecule has 0 spiro atoms. The van der Waals surface area contributed by atoms with E-state index < -0.39 is 29.0 Å². The van der Waals surface area contributed by atoms with Crippen molar-refractivity contribution >= 4 is 29.0 Å². The highest BCUT2D eigenvalue weighted by Crippen LogP contribution is 2.62. The molecule has 0 N–H and O–H groups in total. The van der Waals surface area contributed by atoms with Crippen molar-refractivity contribution in [3.63, 3.8) is 0 Å². The molecule has 2 aliphatic carbocycles. The van der Waals surface area contributed by atoms with E-state index in [2.05, 4.69) is 61.6 Å². The predicted octanol–water partition coefficient (Wildman–Crippen LogP) is 8.60. The summed E-state index contributed by atoms with van der Waals surface area (Å²) in [7, 11) is -5.76. The second kappa shape index (κ2) is 11.1. The lowest BCUT2D eigenvalue weighted by Gasteiger charge is -2.50. The molecular formula is C30H54O3S2Si. The topological polar surface area (TPSA) is 43.4 Å². The molecular weight excluding hydrogens is 501 g/mol. The van der Waals surface area contributed by atoms with Crippen LogP contribution < -0.4 is 0 Å². The van der Waals surface area contributed by atoms with Gasteiger partial charge < -0.3 is 4.43 Å². The zero-order chi connectivity index (χ0) is 27.0. The van der Waals surface area contributed by atoms with E-state index in [-0.39, 0.29) is 15.9 Å². The van der Waals surface area contributed by atoms with Gasteiger partial charge in [0.05, 0.1) is 9.98 Å². The van der Waals surface area contributed by atoms with Crippen LogP contribution in [0.25, 0.3) is 0 Å². The lowest BCUT2D eigenvalue weighted by atomic mass is 9.68. The van der Waals surface area contributed by atoms with Gasteiger partial charge in [0.1, 0.15) is 0 Å². The molecule has 208 valence electrons. The molecule has 3 nitrogen and oxygen atoms in total. The minimum Gasteiger partial charge on any atom is -0.414 e. The summed E-state index contributed by atoms with van der Waals surface area (Å²) in [5.74, 6) is 1.64. The number of hydrogen-bond donors (Lipinski definition) is 1. The maximum atomic E-state index is 13.6. The van der Waals surface area contributed by atoms with E-state index >= 15 is 0 Å². The monoisotopic (exact) mass is 554 g/mol. The highest BCUT2D eigenvalue weighted by atomic mass is 32.3. The van der Waals surface area contributed by atoms with Gasteiger partial charge >= 0.3 is 0 Å². The molecule has 36 heavy (non-hydrogen) atoms. The van der Waals surface area contributed by atoms with Crippen molar-refractivity contribution in [3.8, 4) is 0 Å². The molecule has 0 saturated heterocycles. The van der Waals surface area contributed by atoms with Crippen LogP contribution in [0, 0.1) is 16.7 Å². The van der Waals surface area contributed by atoms with E-state index in [1.165, 1.54) is 32.1 Å². The van der Waals surface area contributed by atoms with Gasteiger partial charge in [0, 0.05) is 6.10 Å². The van der Waals surface area contributed by atoms with E-state index in [0.717, 1.165) is 18.6 Å². The van der Waals surface area contributed by atoms with Crippen LogP contribution in [0.3, 0.4) is 0 Å². The van der Waals surface area contributed by atoms with Gasteiger partial charge in [-0.1, -0.05) is 73.1 Å². The van der Waals surface area contributed by atoms with Crippen molar-refractivity contribution in [1.82, 2.24) is 0 Å². The van der Waals surface area contributed by atoms with Gasteiger partial charge in [-0.15, -0.1) is 0 Å². The van der Waals surface area contributed by atoms with E-state index in [0.29, 0.717) is 27.3 Å². The third-order valence-electron chi connectivity index (χ3n) is 9.52. The average Bonchev–Trinajstić information content (AvgIpc) is 3.09. The normalized spacial score (nSPS) is 29.1. The maximum Gasteiger partial charge on any atom is 0.192 e. The minimum atomic E-state index is -3.28. The molecule has 1 aromatic carbocycles. The first-order valence-electron chi connectivity index (χ1n) is 14.2. The molecule has 3 rings (SSSR count). The van der Waals surface area contributed by atoms with Crippen LogP contribution in [-0.2, 0) is 14.3 Å². The van der Waals surface area contributed by atoms with Crippen LogP contribution >= 0.6 is 10.9 Å². The Labute approximate surface area is 227 Å². The third-order valence-corrected chi connectivity index (χ3v) is 20.3. The van der Waals surface area contributed by atoms with Crippen molar-refractivity contribution in [3.05, 3.63) is 30.3 Å². The number of fused-ring (bicyclic) bond motifs is 1. The molecule has 0 heterocycles. The van der Waals surface area contributed by atoms with Crippen LogP contribution in [-0.4, -0.2) is 38.9 Å². The Bertz CT molecular complexity index is 962. The summed E-state index contributed by atoms with van der Waals surface area (Å²) in [4.78, 5) is 0.496. The van der Waals surface area contributed by atoms with Gasteiger partial charge in [0.15, 0.2) is 18.2 Å². The van der Waals surface area contributed by atoms with Gasteiger partial charge in [-0.05, 0) is 96.5 Å². The van der Waals surface area contributed by atoms with Gasteiger partial charge in [-0.2, -0.15) is 0 Å². The molecule has 0 radical (unpaired) electrons. The lowest BCUT2D eigenvalue weighted by Crippen LogP contribution is -2.50. The number of thiol groups is 1. The Morgan fingerprint density at radius 2 is 1.67 bits per heavy atom. The molecule has 3 unspecified atom stereocenters. The van der Waals surface area contributed by atoms with Crippen LogP contribution in [0.5, 0.6) is 0 Å². The first-order valence-corrected chi connectivity index (χ1v) is 20.5. The average molecular weight is 555 g/mol. The summed E-state index contributed by atoms with van der Waals surface area (Å²) in [6.07, 6.45) is 8.59. The lowest BCUT2D eigenvalue weighted by molar-refractivity contribution is 0.0120. The SMILES string of the molecule is CC(C)(C)CCC[SH](CS(=O)(=O)c1ccccc1)C1CCC2[C@@H](O[Si](C)(C)C(C)(C)C)CCC[C@@]21C. The van der Waals surface area contributed by atoms with Crippen molar-refractivity contribution in [1.29, 1.82) is 0 Å². The van der Waals surface area contributed by atoms with Crippen molar-refractivity contribution in [2.45, 2.75) is 128 Å². The Hall–Kier alpha value is -0.303. The molecule has 6 heteroatoms. The van der Waals surface area contributed by atoms with Crippen molar-refractivity contribution < 1.29 is 12.8 Å². The molecule has 0 bridgehead atoms. The number of benzene rings is 1. The fourth-order valence-electron chi connectivity index (χ4n) is 6.43. The van der Waals surface area contributed by atoms with Crippen LogP contribution in [0.15, 0.2) is 35.2 Å². The van der Waals surface area contributed by atoms with Gasteiger partial charge in [-0.3, -0.25) is 0 Å². The Balaban J connectivity index is 1.86. The highest BCUT2D eigenvalue weighted by molar-refractivity contribution is 8.25. The number of sulfone groups is 1. The van der Waals surface area contributed by atoms with Crippen molar-refractivity contribution in [2.24, 2.45) is 16.7 Å². The maximum absolute atomic E-state index is 13.6. The Morgan fingerprint density at radius 3 is 2.25 bits per heavy atom. The fourth-order valence-corrected chi connectivity index (χ4v) is 14.5. The van der Waals surface area contributed by atoms with Crippen LogP contribution in [0.1, 0.15) is 93.4 Å².